The molecule has 0 fully saturated rings. The fraction of sp³-hybridized carbons (Fsp3) is 0.182. The summed E-state index contributed by atoms with van der Waals surface area (Å²) in [5, 5.41) is 8.55. The number of hydrogen-bond acceptors (Lipinski definition) is 4. The number of aryl methyl sites for hydroxylation is 1. The minimum absolute atomic E-state index is 0. The van der Waals surface area contributed by atoms with Gasteiger partial charge in [-0.3, -0.25) is 4.70 Å². The van der Waals surface area contributed by atoms with Gasteiger partial charge in [0.15, 0.2) is 11.4 Å². The van der Waals surface area contributed by atoms with E-state index in [0.29, 0.717) is 28.9 Å². The average molecular weight is 509 g/mol. The monoisotopic (exact) mass is 509 g/mol. The van der Waals surface area contributed by atoms with Crippen LogP contribution in [-0.2, 0) is 6.54 Å². The second-order valence-electron chi connectivity index (χ2n) is 7.33. The lowest BCUT2D eigenvalue weighted by Crippen LogP contribution is -2.31. The first kappa shape index (κ1) is 27.1. The number of furan rings is 1. The summed E-state index contributed by atoms with van der Waals surface area (Å²) < 4.78 is 63.1. The molecule has 2 aromatic heterocycles. The number of amides is 2. The van der Waals surface area contributed by atoms with Gasteiger partial charge in [0.05, 0.1) is 24.6 Å². The van der Waals surface area contributed by atoms with Crippen molar-refractivity contribution in [2.24, 2.45) is 0 Å². The number of aromatic nitrogens is 2. The summed E-state index contributed by atoms with van der Waals surface area (Å²) in [5.41, 5.74) is 1.95. The van der Waals surface area contributed by atoms with Crippen molar-refractivity contribution in [1.29, 1.82) is 0 Å². The largest absolute Gasteiger partial charge is 0.456 e. The number of fused-ring (bicyclic) bond motifs is 1. The van der Waals surface area contributed by atoms with Gasteiger partial charge in [0.1, 0.15) is 17.4 Å². The molecule has 2 heterocycles. The van der Waals surface area contributed by atoms with Gasteiger partial charge in [0.25, 0.3) is 0 Å². The maximum absolute atomic E-state index is 14.0. The van der Waals surface area contributed by atoms with E-state index in [4.69, 9.17) is 13.6 Å². The first-order chi connectivity index (χ1) is 16.3. The van der Waals surface area contributed by atoms with Crippen LogP contribution in [0.15, 0.2) is 47.3 Å². The summed E-state index contributed by atoms with van der Waals surface area (Å²) in [6, 6.07) is 4.70. The number of nitrogens with zero attached hydrogens (tertiary/aromatic N) is 1. The molecule has 7 nitrogen and oxygen atoms in total. The Hall–Kier alpha value is -4.16. The zero-order chi connectivity index (χ0) is 24.8. The fourth-order valence-corrected chi connectivity index (χ4v) is 3.45. The van der Waals surface area contributed by atoms with Crippen molar-refractivity contribution in [2.75, 3.05) is 10.6 Å². The molecular weight excluding hydrogens is 480 g/mol. The topological polar surface area (TPSA) is 95.0 Å². The van der Waals surface area contributed by atoms with Gasteiger partial charge < -0.3 is 25.4 Å². The maximum atomic E-state index is 14.0. The van der Waals surface area contributed by atoms with Crippen molar-refractivity contribution in [3.8, 4) is 0 Å². The Morgan fingerprint density at radius 2 is 1.80 bits per heavy atom. The molecule has 0 aliphatic carbocycles. The summed E-state index contributed by atoms with van der Waals surface area (Å²) in [6.07, 6.45) is 3.18. The number of imidazole rings is 1. The van der Waals surface area contributed by atoms with Crippen LogP contribution in [0.5, 0.6) is 0 Å². The average Bonchev–Trinajstić information content (AvgIpc) is 3.42. The third-order valence-electron chi connectivity index (χ3n) is 4.93. The van der Waals surface area contributed by atoms with E-state index in [1.807, 2.05) is 0 Å². The molecule has 4 rings (SSSR count). The molecule has 0 unspecified atom stereocenters. The summed E-state index contributed by atoms with van der Waals surface area (Å²) >= 11 is 0. The van der Waals surface area contributed by atoms with E-state index in [2.05, 4.69) is 25.9 Å². The van der Waals surface area contributed by atoms with Crippen molar-refractivity contribution in [2.45, 2.75) is 26.4 Å². The molecule has 0 spiro atoms. The van der Waals surface area contributed by atoms with Crippen LogP contribution < -0.4 is 16.0 Å². The van der Waals surface area contributed by atoms with E-state index in [-0.39, 0.29) is 21.7 Å². The Kier molecular flexibility index (Phi) is 9.14. The summed E-state index contributed by atoms with van der Waals surface area (Å²) in [5.74, 6) is -1.78. The fourth-order valence-electron chi connectivity index (χ4n) is 3.45. The number of hydrogen-bond donors (Lipinski definition) is 4. The van der Waals surface area contributed by atoms with Crippen LogP contribution >= 0.6 is 0 Å². The van der Waals surface area contributed by atoms with Crippen LogP contribution in [0.25, 0.3) is 11.0 Å². The molecule has 4 aromatic rings. The molecule has 2 amide bonds. The SMILES string of the molecule is Cc1c([C@@H](C)NC(=O)Nc2cc(F)cc(NCc3cnc[nH]3)c2)oc2c(F)cc(F)cc12.F.FF.[HH].[HH].[HH].[HH]. The van der Waals surface area contributed by atoms with Gasteiger partial charge in [0, 0.05) is 49.4 Å². The Labute approximate surface area is 200 Å². The number of anilines is 2. The van der Waals surface area contributed by atoms with Gasteiger partial charge in [-0.25, -0.2) is 22.9 Å². The zero-order valence-corrected chi connectivity index (χ0v) is 18.4. The highest BCUT2D eigenvalue weighted by Gasteiger charge is 2.21. The highest BCUT2D eigenvalue weighted by Crippen LogP contribution is 2.31. The number of H-pyrrole nitrogens is 1. The van der Waals surface area contributed by atoms with E-state index in [1.165, 1.54) is 24.5 Å². The number of carbonyl (C=O) groups is 1. The number of urea groups is 1. The molecule has 13 heteroatoms. The van der Waals surface area contributed by atoms with Crippen molar-refractivity contribution >= 4 is 28.4 Å². The molecule has 196 valence electrons. The highest BCUT2D eigenvalue weighted by molar-refractivity contribution is 5.90. The normalized spacial score (nSPS) is 11.2. The predicted molar refractivity (Wildman–Crippen MR) is 127 cm³/mol. The predicted octanol–water partition coefficient (Wildman–Crippen LogP) is 7.35. The first-order valence-corrected chi connectivity index (χ1v) is 9.91. The van der Waals surface area contributed by atoms with Gasteiger partial charge in [-0.05, 0) is 38.1 Å². The van der Waals surface area contributed by atoms with Gasteiger partial charge in [0.2, 0.25) is 0 Å². The van der Waals surface area contributed by atoms with Crippen LogP contribution in [0.1, 0.15) is 35.7 Å². The number of benzene rings is 2. The van der Waals surface area contributed by atoms with Crippen molar-refractivity contribution in [3.05, 3.63) is 77.3 Å². The van der Waals surface area contributed by atoms with Crippen LogP contribution in [0.3, 0.4) is 0 Å². The maximum Gasteiger partial charge on any atom is 0.319 e. The summed E-state index contributed by atoms with van der Waals surface area (Å²) in [4.78, 5) is 19.3. The smallest absolute Gasteiger partial charge is 0.319 e. The van der Waals surface area contributed by atoms with E-state index in [0.717, 1.165) is 11.8 Å². The highest BCUT2D eigenvalue weighted by atomic mass is 20.0. The zero-order valence-electron chi connectivity index (χ0n) is 18.4. The number of carbonyl (C=O) groups excluding carboxylic acids is 1. The lowest BCUT2D eigenvalue weighted by atomic mass is 10.1. The lowest BCUT2D eigenvalue weighted by molar-refractivity contribution is 0.108. The van der Waals surface area contributed by atoms with Crippen molar-refractivity contribution in [3.63, 3.8) is 0 Å². The Bertz CT molecular complexity index is 1300. The third kappa shape index (κ3) is 6.46. The minimum atomic E-state index is -0.819. The number of rotatable bonds is 6. The van der Waals surface area contributed by atoms with Crippen LogP contribution in [0.4, 0.5) is 43.2 Å². The third-order valence-corrected chi connectivity index (χ3v) is 4.93. The van der Waals surface area contributed by atoms with Gasteiger partial charge >= 0.3 is 6.03 Å². The van der Waals surface area contributed by atoms with E-state index < -0.39 is 29.5 Å². The molecule has 0 saturated heterocycles. The number of halogens is 6. The Morgan fingerprint density at radius 1 is 1.11 bits per heavy atom. The quantitative estimate of drug-likeness (QED) is 0.204. The van der Waals surface area contributed by atoms with Crippen molar-refractivity contribution in [1.82, 2.24) is 15.3 Å². The van der Waals surface area contributed by atoms with E-state index >= 15 is 0 Å². The van der Waals surface area contributed by atoms with E-state index in [1.54, 1.807) is 26.1 Å². The second kappa shape index (κ2) is 11.8. The number of aromatic amines is 1. The molecule has 0 saturated carbocycles. The van der Waals surface area contributed by atoms with Gasteiger partial charge in [-0.1, -0.05) is 0 Å². The second-order valence-corrected chi connectivity index (χ2v) is 7.33. The Balaban J connectivity index is -0.00000181. The van der Waals surface area contributed by atoms with Gasteiger partial charge in [-0.2, -0.15) is 0 Å². The summed E-state index contributed by atoms with van der Waals surface area (Å²) in [7, 11) is 0. The molecule has 0 bridgehead atoms. The molecule has 2 aromatic carbocycles. The van der Waals surface area contributed by atoms with Gasteiger partial charge in [-0.15, -0.1) is 0 Å². The molecular formula is C22H29F6N5O2. The molecule has 0 aliphatic heterocycles. The molecule has 0 radical (unpaired) electrons. The molecule has 1 atom stereocenters. The van der Waals surface area contributed by atoms with Crippen LogP contribution in [0.2, 0.25) is 0 Å². The minimum Gasteiger partial charge on any atom is -0.456 e. The number of nitrogens with one attached hydrogen (secondary N) is 4. The molecule has 0 aliphatic rings. The molecule has 4 N–H and O–H groups in total. The molecule has 35 heavy (non-hydrogen) atoms. The van der Waals surface area contributed by atoms with Crippen molar-refractivity contribution < 1.29 is 41.9 Å². The Morgan fingerprint density at radius 3 is 2.49 bits per heavy atom. The lowest BCUT2D eigenvalue weighted by Gasteiger charge is -2.14. The van der Waals surface area contributed by atoms with E-state index in [9.17, 15) is 18.0 Å². The first-order valence-electron chi connectivity index (χ1n) is 9.91. The standard InChI is InChI=1S/C22H20F3N5O2.F2.FH.4H2/c1-11-18-5-14(24)6-19(25)21(18)32-20(11)12(2)29-22(31)30-16-4-13(23)3-15(7-16)27-9-17-8-26-10-28-17;1-2;;;;;/h3-8,10,12,27H,9H2,1-2H3,(H,26,28)(H2,29,30,31);;5*1H/t12-;;;;;;/m1....../s1. The van der Waals surface area contributed by atoms with Crippen LogP contribution in [0, 0.1) is 24.4 Å². The summed E-state index contributed by atoms with van der Waals surface area (Å²) in [6.45, 7) is 3.69. The van der Waals surface area contributed by atoms with Crippen LogP contribution in [-0.4, -0.2) is 16.0 Å².